The third kappa shape index (κ3) is 3.97. The summed E-state index contributed by atoms with van der Waals surface area (Å²) >= 11 is 6.10. The van der Waals surface area contributed by atoms with Crippen molar-refractivity contribution < 1.29 is 19.1 Å². The maximum Gasteiger partial charge on any atom is 0.308 e. The number of aryl methyl sites for hydroxylation is 1. The number of benzene rings is 2. The van der Waals surface area contributed by atoms with Crippen LogP contribution in [0, 0.1) is 0 Å². The van der Waals surface area contributed by atoms with E-state index in [-0.39, 0.29) is 17.6 Å². The minimum Gasteiger partial charge on any atom is -0.450 e. The number of nitrogens with zero attached hydrogens (tertiary/aromatic N) is 5. The van der Waals surface area contributed by atoms with E-state index in [0.29, 0.717) is 23.6 Å². The number of rotatable bonds is 5. The van der Waals surface area contributed by atoms with Crippen LogP contribution in [-0.2, 0) is 20.9 Å². The molecule has 154 valence electrons. The molecule has 0 fully saturated rings. The zero-order valence-corrected chi connectivity index (χ0v) is 17.0. The number of hydrogen-bond acceptors (Lipinski definition) is 7. The fourth-order valence-electron chi connectivity index (χ4n) is 3.16. The number of fused-ring (bicyclic) bond motifs is 1. The zero-order valence-electron chi connectivity index (χ0n) is 16.3. The van der Waals surface area contributed by atoms with E-state index < -0.39 is 12.2 Å². The number of carbonyl (C=O) groups is 2. The van der Waals surface area contributed by atoms with Crippen molar-refractivity contribution in [2.75, 3.05) is 0 Å². The number of ether oxygens (including phenoxy) is 2. The summed E-state index contributed by atoms with van der Waals surface area (Å²) in [6.07, 6.45) is -0.228. The maximum atomic E-state index is 12.1. The molecule has 1 aliphatic heterocycles. The zero-order chi connectivity index (χ0) is 21.3. The molecule has 4 rings (SSSR count). The molecule has 1 unspecified atom stereocenters. The van der Waals surface area contributed by atoms with Crippen molar-refractivity contribution in [2.24, 2.45) is 5.10 Å². The summed E-state index contributed by atoms with van der Waals surface area (Å²) in [4.78, 5) is 23.6. The van der Waals surface area contributed by atoms with E-state index in [1.807, 2.05) is 24.3 Å². The quantitative estimate of drug-likeness (QED) is 0.458. The molecule has 2 heterocycles. The molecule has 2 aromatic carbocycles. The van der Waals surface area contributed by atoms with Crippen LogP contribution in [0.4, 0.5) is 0 Å². The summed E-state index contributed by atoms with van der Waals surface area (Å²) in [6, 6.07) is 12.3. The molecule has 0 radical (unpaired) electrons. The van der Waals surface area contributed by atoms with Crippen molar-refractivity contribution in [1.82, 2.24) is 20.0 Å². The molecule has 0 N–H and O–H groups in total. The van der Waals surface area contributed by atoms with E-state index in [1.54, 1.807) is 22.9 Å². The predicted molar refractivity (Wildman–Crippen MR) is 109 cm³/mol. The van der Waals surface area contributed by atoms with Gasteiger partial charge >= 0.3 is 5.97 Å². The third-order valence-corrected chi connectivity index (χ3v) is 4.71. The van der Waals surface area contributed by atoms with Crippen molar-refractivity contribution in [3.05, 3.63) is 53.1 Å². The lowest BCUT2D eigenvalue weighted by molar-refractivity contribution is -0.135. The van der Waals surface area contributed by atoms with Crippen LogP contribution >= 0.6 is 11.6 Å². The Morgan fingerprint density at radius 3 is 2.77 bits per heavy atom. The number of hydrazone groups is 1. The van der Waals surface area contributed by atoms with Gasteiger partial charge in [-0.1, -0.05) is 28.9 Å². The smallest absolute Gasteiger partial charge is 0.308 e. The number of amides is 1. The van der Waals surface area contributed by atoms with Gasteiger partial charge in [-0.25, -0.2) is 4.68 Å². The summed E-state index contributed by atoms with van der Waals surface area (Å²) in [5, 5.41) is 14.3. The number of hydrogen-bond donors (Lipinski definition) is 0. The average Bonchev–Trinajstić information content (AvgIpc) is 3.31. The minimum absolute atomic E-state index is 0.150. The van der Waals surface area contributed by atoms with E-state index in [9.17, 15) is 9.59 Å². The maximum absolute atomic E-state index is 12.1. The van der Waals surface area contributed by atoms with E-state index in [0.717, 1.165) is 11.0 Å². The fourth-order valence-corrected chi connectivity index (χ4v) is 3.34. The third-order valence-electron chi connectivity index (χ3n) is 4.48. The van der Waals surface area contributed by atoms with Gasteiger partial charge < -0.3 is 9.47 Å². The number of aromatic nitrogens is 3. The van der Waals surface area contributed by atoms with Crippen LogP contribution in [-0.4, -0.2) is 44.0 Å². The van der Waals surface area contributed by atoms with Gasteiger partial charge in [-0.15, -0.1) is 10.2 Å². The highest BCUT2D eigenvalue weighted by molar-refractivity contribution is 6.31. The van der Waals surface area contributed by atoms with Crippen LogP contribution < -0.4 is 4.74 Å². The summed E-state index contributed by atoms with van der Waals surface area (Å²) in [6.45, 7) is 3.16. The lowest BCUT2D eigenvalue weighted by Crippen LogP contribution is -2.33. The largest absolute Gasteiger partial charge is 0.450 e. The number of halogens is 1. The van der Waals surface area contributed by atoms with Gasteiger partial charge in [-0.3, -0.25) is 9.59 Å². The monoisotopic (exact) mass is 427 g/mol. The van der Waals surface area contributed by atoms with Gasteiger partial charge in [0.05, 0.1) is 11.1 Å². The lowest BCUT2D eigenvalue weighted by Gasteiger charge is -2.19. The second-order valence-corrected chi connectivity index (χ2v) is 7.10. The summed E-state index contributed by atoms with van der Waals surface area (Å²) in [5.74, 6) is -0.376. The summed E-state index contributed by atoms with van der Waals surface area (Å²) in [5.41, 5.74) is 2.06. The lowest BCUT2D eigenvalue weighted by atomic mass is 10.2. The molecule has 30 heavy (non-hydrogen) atoms. The Morgan fingerprint density at radius 2 is 2.00 bits per heavy atom. The Balaban J connectivity index is 1.57. The topological polar surface area (TPSA) is 98.9 Å². The van der Waals surface area contributed by atoms with E-state index in [4.69, 9.17) is 21.1 Å². The normalized spacial score (nSPS) is 15.8. The van der Waals surface area contributed by atoms with Gasteiger partial charge in [-0.2, -0.15) is 5.01 Å². The van der Waals surface area contributed by atoms with Crippen LogP contribution in [0.1, 0.15) is 25.8 Å². The molecule has 0 aliphatic carbocycles. The second kappa shape index (κ2) is 8.11. The molecular formula is C20H18ClN5O4. The van der Waals surface area contributed by atoms with E-state index in [2.05, 4.69) is 15.4 Å². The first-order chi connectivity index (χ1) is 14.4. The molecule has 9 nitrogen and oxygen atoms in total. The van der Waals surface area contributed by atoms with Crippen LogP contribution in [0.25, 0.3) is 11.0 Å². The van der Waals surface area contributed by atoms with Crippen molar-refractivity contribution >= 4 is 40.4 Å². The molecule has 10 heteroatoms. The Kier molecular flexibility index (Phi) is 5.37. The highest BCUT2D eigenvalue weighted by Gasteiger charge is 2.33. The average molecular weight is 428 g/mol. The van der Waals surface area contributed by atoms with Crippen molar-refractivity contribution in [1.29, 1.82) is 0 Å². The van der Waals surface area contributed by atoms with Gasteiger partial charge in [-0.05, 0) is 30.3 Å². The molecule has 0 saturated heterocycles. The Bertz CT molecular complexity index is 1160. The number of para-hydroxylation sites is 1. The number of carbonyl (C=O) groups excluding carboxylic acids is 2. The fraction of sp³-hybridized carbons (Fsp3) is 0.250. The van der Waals surface area contributed by atoms with Crippen LogP contribution in [0.2, 0.25) is 5.02 Å². The van der Waals surface area contributed by atoms with Gasteiger partial charge in [0.15, 0.2) is 6.23 Å². The molecule has 0 bridgehead atoms. The molecule has 3 aromatic rings. The first kappa shape index (κ1) is 19.8. The van der Waals surface area contributed by atoms with E-state index in [1.165, 1.54) is 18.9 Å². The molecule has 0 saturated carbocycles. The second-order valence-electron chi connectivity index (χ2n) is 6.67. The minimum atomic E-state index is -0.648. The summed E-state index contributed by atoms with van der Waals surface area (Å²) in [7, 11) is 0. The van der Waals surface area contributed by atoms with Crippen LogP contribution in [0.5, 0.6) is 5.75 Å². The van der Waals surface area contributed by atoms with Crippen LogP contribution in [0.15, 0.2) is 47.6 Å². The highest BCUT2D eigenvalue weighted by atomic mass is 35.5. The Hall–Kier alpha value is -3.46. The van der Waals surface area contributed by atoms with Gasteiger partial charge in [0, 0.05) is 31.8 Å². The van der Waals surface area contributed by atoms with Crippen LogP contribution in [0.3, 0.4) is 0 Å². The first-order valence-corrected chi connectivity index (χ1v) is 9.62. The summed E-state index contributed by atoms with van der Waals surface area (Å²) < 4.78 is 12.9. The van der Waals surface area contributed by atoms with Crippen molar-refractivity contribution in [3.63, 3.8) is 0 Å². The molecule has 0 spiro atoms. The standard InChI is InChI=1S/C20H18ClN5O4/c1-12(27)26-19(9-10-25-17-6-4-3-5-16(17)22-24-25)30-20(23-26)15-11-14(21)7-8-18(15)29-13(2)28/h3-8,11,19H,9-10H2,1-2H3. The molecule has 1 aliphatic rings. The Morgan fingerprint density at radius 1 is 1.20 bits per heavy atom. The first-order valence-electron chi connectivity index (χ1n) is 9.24. The number of esters is 1. The molecular weight excluding hydrogens is 410 g/mol. The van der Waals surface area contributed by atoms with Crippen molar-refractivity contribution in [2.45, 2.75) is 33.0 Å². The van der Waals surface area contributed by atoms with Crippen molar-refractivity contribution in [3.8, 4) is 5.75 Å². The van der Waals surface area contributed by atoms with Gasteiger partial charge in [0.1, 0.15) is 11.3 Å². The van der Waals surface area contributed by atoms with Gasteiger partial charge in [0.2, 0.25) is 11.8 Å². The van der Waals surface area contributed by atoms with Gasteiger partial charge in [0.25, 0.3) is 0 Å². The van der Waals surface area contributed by atoms with E-state index >= 15 is 0 Å². The molecule has 1 amide bonds. The SMILES string of the molecule is CC(=O)Oc1ccc(Cl)cc1C1=NN(C(C)=O)C(CCn2nnc3ccccc32)O1. The molecule has 1 atom stereocenters. The molecule has 1 aromatic heterocycles. The predicted octanol–water partition coefficient (Wildman–Crippen LogP) is 2.97. The highest BCUT2D eigenvalue weighted by Crippen LogP contribution is 2.29. The Labute approximate surface area is 176 Å².